The molecule has 0 fully saturated rings. The largest absolute Gasteiger partial charge is 2.00 e. The topological polar surface area (TPSA) is 0 Å². The monoisotopic (exact) mass is 428 g/mol. The van der Waals surface area contributed by atoms with Crippen LogP contribution < -0.4 is 24.8 Å². The number of hydrogen-bond donors (Lipinski definition) is 0. The Morgan fingerprint density at radius 3 is 2.36 bits per heavy atom. The average molecular weight is 431 g/mol. The molecule has 0 atom stereocenters. The van der Waals surface area contributed by atoms with Crippen LogP contribution in [0.5, 0.6) is 0 Å². The molecule has 0 nitrogen and oxygen atoms in total. The van der Waals surface area contributed by atoms with E-state index >= 15 is 0 Å². The van der Waals surface area contributed by atoms with Crippen molar-refractivity contribution in [3.05, 3.63) is 50.3 Å². The van der Waals surface area contributed by atoms with E-state index in [9.17, 15) is 0 Å². The van der Waals surface area contributed by atoms with Crippen molar-refractivity contribution in [2.75, 3.05) is 0 Å². The van der Waals surface area contributed by atoms with Gasteiger partial charge in [-0.15, -0.1) is 11.3 Å². The van der Waals surface area contributed by atoms with Gasteiger partial charge in [0.2, 0.25) is 0 Å². The number of thiophene rings is 1. The van der Waals surface area contributed by atoms with Gasteiger partial charge in [-0.1, -0.05) is 36.3 Å². The van der Waals surface area contributed by atoms with E-state index in [4.69, 9.17) is 0 Å². The fourth-order valence-corrected chi connectivity index (χ4v) is 4.12. The van der Waals surface area contributed by atoms with E-state index in [1.165, 1.54) is 43.2 Å². The summed E-state index contributed by atoms with van der Waals surface area (Å²) in [5.74, 6) is 0. The van der Waals surface area contributed by atoms with Crippen molar-refractivity contribution in [2.45, 2.75) is 40.5 Å². The molecule has 0 spiro atoms. The molecule has 3 rings (SSSR count). The third kappa shape index (κ3) is 3.78. The van der Waals surface area contributed by atoms with Crippen LogP contribution in [0.1, 0.15) is 54.5 Å². The summed E-state index contributed by atoms with van der Waals surface area (Å²) in [6.45, 7) is 8.92. The molecule has 4 heteroatoms. The van der Waals surface area contributed by atoms with Crippen LogP contribution in [0.3, 0.4) is 0 Å². The first-order chi connectivity index (χ1) is 9.11. The molecular weight excluding hydrogens is 410 g/mol. The number of rotatable bonds is 2. The third-order valence-electron chi connectivity index (χ3n) is 3.99. The van der Waals surface area contributed by atoms with Crippen molar-refractivity contribution in [1.29, 1.82) is 0 Å². The Balaban J connectivity index is 0.00000147. The molecule has 1 aromatic rings. The summed E-state index contributed by atoms with van der Waals surface area (Å²) in [7, 11) is 0. The number of fused-ring (bicyclic) bond motifs is 1. The SMILES string of the molecule is CCC1=CCC(c2c(C)sc3c2C(=C(C)C)C=C3)=C1.[Cl-].[Cl-].[Zr+2]. The van der Waals surface area contributed by atoms with Gasteiger partial charge in [-0.3, -0.25) is 0 Å². The zero-order valence-electron chi connectivity index (χ0n) is 13.4. The minimum absolute atomic E-state index is 0. The Morgan fingerprint density at radius 2 is 1.82 bits per heavy atom. The Morgan fingerprint density at radius 1 is 1.14 bits per heavy atom. The quantitative estimate of drug-likeness (QED) is 0.620. The van der Waals surface area contributed by atoms with Gasteiger partial charge < -0.3 is 24.8 Å². The third-order valence-corrected chi connectivity index (χ3v) is 5.06. The van der Waals surface area contributed by atoms with E-state index in [2.05, 4.69) is 52.0 Å². The fraction of sp³-hybridized carbons (Fsp3) is 0.333. The molecular formula is C18H20Cl2SZr. The van der Waals surface area contributed by atoms with E-state index in [0.29, 0.717) is 0 Å². The van der Waals surface area contributed by atoms with Crippen molar-refractivity contribution in [3.8, 4) is 0 Å². The summed E-state index contributed by atoms with van der Waals surface area (Å²) in [6, 6.07) is 0. The predicted octanol–water partition coefficient (Wildman–Crippen LogP) is 0.00572. The number of halogens is 2. The molecule has 0 bridgehead atoms. The molecule has 0 saturated carbocycles. The van der Waals surface area contributed by atoms with Crippen LogP contribution in [0.25, 0.3) is 17.2 Å². The number of hydrogen-bond acceptors (Lipinski definition) is 1. The second-order valence-electron chi connectivity index (χ2n) is 5.53. The molecule has 2 aliphatic carbocycles. The first kappa shape index (κ1) is 22.1. The van der Waals surface area contributed by atoms with E-state index in [1.807, 2.05) is 11.3 Å². The van der Waals surface area contributed by atoms with E-state index < -0.39 is 0 Å². The van der Waals surface area contributed by atoms with Gasteiger partial charge in [0.1, 0.15) is 0 Å². The van der Waals surface area contributed by atoms with Gasteiger partial charge in [0, 0.05) is 20.9 Å². The van der Waals surface area contributed by atoms with Gasteiger partial charge in [0.25, 0.3) is 0 Å². The van der Waals surface area contributed by atoms with Crippen LogP contribution >= 0.6 is 11.3 Å². The van der Waals surface area contributed by atoms with Gasteiger partial charge in [-0.25, -0.2) is 0 Å². The van der Waals surface area contributed by atoms with E-state index in [-0.39, 0.29) is 51.0 Å². The van der Waals surface area contributed by atoms with Crippen LogP contribution in [0.4, 0.5) is 0 Å². The maximum Gasteiger partial charge on any atom is 2.00 e. The summed E-state index contributed by atoms with van der Waals surface area (Å²) in [5, 5.41) is 0. The van der Waals surface area contributed by atoms with Crippen molar-refractivity contribution < 1.29 is 51.0 Å². The summed E-state index contributed by atoms with van der Waals surface area (Å²) in [6.07, 6.45) is 11.6. The molecule has 1 heterocycles. The second-order valence-corrected chi connectivity index (χ2v) is 6.78. The smallest absolute Gasteiger partial charge is 1.00 e. The van der Waals surface area contributed by atoms with E-state index in [1.54, 1.807) is 0 Å². The standard InChI is InChI=1S/C18H20S.2ClH.Zr/c1-5-13-6-7-14(10-13)17-12(4)19-16-9-8-15(11(2)3)18(16)17;;;/h6,8-10H,5,7H2,1-4H3;2*1H;/q;;;+2/p-2. The Kier molecular flexibility index (Phi) is 8.88. The van der Waals surface area contributed by atoms with Crippen LogP contribution in [-0.2, 0) is 26.2 Å². The van der Waals surface area contributed by atoms with Gasteiger partial charge >= 0.3 is 26.2 Å². The maximum absolute atomic E-state index is 2.40. The molecule has 0 N–H and O–H groups in total. The summed E-state index contributed by atoms with van der Waals surface area (Å²) >= 11 is 1.94. The minimum atomic E-state index is 0. The normalized spacial score (nSPS) is 14.5. The molecule has 0 radical (unpaired) electrons. The van der Waals surface area contributed by atoms with Crippen molar-refractivity contribution in [2.24, 2.45) is 0 Å². The molecule has 0 saturated heterocycles. The fourth-order valence-electron chi connectivity index (χ4n) is 3.00. The van der Waals surface area contributed by atoms with Gasteiger partial charge in [0.15, 0.2) is 0 Å². The molecule has 116 valence electrons. The average Bonchev–Trinajstić information content (AvgIpc) is 3.02. The van der Waals surface area contributed by atoms with Gasteiger partial charge in [-0.05, 0) is 50.8 Å². The predicted molar refractivity (Wildman–Crippen MR) is 87.3 cm³/mol. The van der Waals surface area contributed by atoms with Gasteiger partial charge in [-0.2, -0.15) is 0 Å². The van der Waals surface area contributed by atoms with Crippen molar-refractivity contribution in [1.82, 2.24) is 0 Å². The molecule has 1 aromatic heterocycles. The number of allylic oxidation sites excluding steroid dienone is 7. The number of aryl methyl sites for hydroxylation is 1. The first-order valence-corrected chi connectivity index (χ1v) is 7.82. The molecule has 2 aliphatic rings. The maximum atomic E-state index is 2.40. The molecule has 0 aliphatic heterocycles. The minimum Gasteiger partial charge on any atom is -1.00 e. The Labute approximate surface area is 169 Å². The molecule has 0 amide bonds. The first-order valence-electron chi connectivity index (χ1n) is 7.01. The van der Waals surface area contributed by atoms with E-state index in [0.717, 1.165) is 12.8 Å². The van der Waals surface area contributed by atoms with Crippen LogP contribution in [-0.4, -0.2) is 0 Å². The summed E-state index contributed by atoms with van der Waals surface area (Å²) < 4.78 is 0. The van der Waals surface area contributed by atoms with Gasteiger partial charge in [0.05, 0.1) is 0 Å². The second kappa shape index (κ2) is 8.83. The van der Waals surface area contributed by atoms with Crippen molar-refractivity contribution in [3.63, 3.8) is 0 Å². The Bertz CT molecular complexity index is 672. The van der Waals surface area contributed by atoms with Crippen LogP contribution in [0.15, 0.2) is 29.4 Å². The Hall–Kier alpha value is 0.123. The molecule has 0 unspecified atom stereocenters. The van der Waals surface area contributed by atoms with Crippen molar-refractivity contribution >= 4 is 28.6 Å². The molecule has 0 aromatic carbocycles. The summed E-state index contributed by atoms with van der Waals surface area (Å²) in [5.41, 5.74) is 8.82. The zero-order chi connectivity index (χ0) is 13.6. The molecule has 22 heavy (non-hydrogen) atoms. The zero-order valence-corrected chi connectivity index (χ0v) is 18.2. The summed E-state index contributed by atoms with van der Waals surface area (Å²) in [4.78, 5) is 2.90. The van der Waals surface area contributed by atoms with Crippen LogP contribution in [0, 0.1) is 6.92 Å². The van der Waals surface area contributed by atoms with Crippen LogP contribution in [0.2, 0.25) is 0 Å².